The van der Waals surface area contributed by atoms with Crippen molar-refractivity contribution in [2.45, 2.75) is 19.8 Å². The summed E-state index contributed by atoms with van der Waals surface area (Å²) in [4.78, 5) is 28.6. The molecule has 1 heterocycles. The van der Waals surface area contributed by atoms with Crippen LogP contribution in [0.3, 0.4) is 0 Å². The van der Waals surface area contributed by atoms with Crippen molar-refractivity contribution in [2.75, 3.05) is 17.7 Å². The largest absolute Gasteiger partial charge is 0.465 e. The number of benzene rings is 2. The molecule has 3 rings (SSSR count). The lowest BCUT2D eigenvalue weighted by Gasteiger charge is -2.11. The van der Waals surface area contributed by atoms with Crippen molar-refractivity contribution in [3.63, 3.8) is 0 Å². The molecule has 0 aliphatic rings. The van der Waals surface area contributed by atoms with Crippen molar-refractivity contribution in [3.8, 4) is 0 Å². The zero-order valence-electron chi connectivity index (χ0n) is 16.6. The molecule has 0 radical (unpaired) electrons. The maximum Gasteiger partial charge on any atom is 0.339 e. The Labute approximate surface area is 169 Å². The first-order valence-electron chi connectivity index (χ1n) is 9.29. The first kappa shape index (κ1) is 20.1. The number of nitrogens with zero attached hydrogens (tertiary/aromatic N) is 1. The van der Waals surface area contributed by atoms with Gasteiger partial charge in [-0.1, -0.05) is 38.1 Å². The van der Waals surface area contributed by atoms with Crippen molar-refractivity contribution in [1.82, 2.24) is 4.98 Å². The number of amides is 1. The van der Waals surface area contributed by atoms with Crippen LogP contribution in [0.4, 0.5) is 17.2 Å². The van der Waals surface area contributed by atoms with Crippen LogP contribution in [-0.2, 0) is 4.74 Å². The Balaban J connectivity index is 1.69. The van der Waals surface area contributed by atoms with E-state index in [1.807, 2.05) is 24.3 Å². The SMILES string of the molecule is COC(=O)c1ccccc1Nc1ccc(C(=O)Nc2ccc(C(C)C)cc2)cn1. The monoisotopic (exact) mass is 389 g/mol. The third-order valence-corrected chi connectivity index (χ3v) is 4.46. The van der Waals surface area contributed by atoms with E-state index in [4.69, 9.17) is 4.74 Å². The topological polar surface area (TPSA) is 80.3 Å². The second kappa shape index (κ2) is 9.01. The van der Waals surface area contributed by atoms with Gasteiger partial charge in [-0.2, -0.15) is 0 Å². The van der Waals surface area contributed by atoms with Crippen LogP contribution in [-0.4, -0.2) is 24.0 Å². The van der Waals surface area contributed by atoms with Gasteiger partial charge >= 0.3 is 5.97 Å². The van der Waals surface area contributed by atoms with Gasteiger partial charge in [-0.25, -0.2) is 9.78 Å². The Kier molecular flexibility index (Phi) is 6.24. The van der Waals surface area contributed by atoms with Crippen LogP contribution in [0, 0.1) is 0 Å². The molecule has 0 fully saturated rings. The van der Waals surface area contributed by atoms with Gasteiger partial charge in [-0.05, 0) is 47.9 Å². The van der Waals surface area contributed by atoms with E-state index in [0.29, 0.717) is 28.6 Å². The Hall–Kier alpha value is -3.67. The van der Waals surface area contributed by atoms with Crippen molar-refractivity contribution < 1.29 is 14.3 Å². The van der Waals surface area contributed by atoms with Crippen LogP contribution in [0.5, 0.6) is 0 Å². The smallest absolute Gasteiger partial charge is 0.339 e. The average Bonchev–Trinajstić information content (AvgIpc) is 2.74. The number of ether oxygens (including phenoxy) is 1. The summed E-state index contributed by atoms with van der Waals surface area (Å²) in [5.74, 6) is 0.274. The van der Waals surface area contributed by atoms with Gasteiger partial charge < -0.3 is 15.4 Å². The number of aromatic nitrogens is 1. The highest BCUT2D eigenvalue weighted by atomic mass is 16.5. The maximum absolute atomic E-state index is 12.5. The molecular weight excluding hydrogens is 366 g/mol. The van der Waals surface area contributed by atoms with Crippen LogP contribution in [0.2, 0.25) is 0 Å². The molecule has 0 saturated carbocycles. The van der Waals surface area contributed by atoms with Gasteiger partial charge in [0.1, 0.15) is 5.82 Å². The van der Waals surface area contributed by atoms with E-state index in [1.165, 1.54) is 18.9 Å². The number of hydrogen-bond acceptors (Lipinski definition) is 5. The zero-order valence-corrected chi connectivity index (χ0v) is 16.6. The Morgan fingerprint density at radius 3 is 2.31 bits per heavy atom. The number of esters is 1. The molecule has 1 aromatic heterocycles. The van der Waals surface area contributed by atoms with Gasteiger partial charge in [0.2, 0.25) is 0 Å². The lowest BCUT2D eigenvalue weighted by atomic mass is 10.0. The predicted molar refractivity (Wildman–Crippen MR) is 114 cm³/mol. The van der Waals surface area contributed by atoms with Gasteiger partial charge in [-0.3, -0.25) is 4.79 Å². The van der Waals surface area contributed by atoms with Gasteiger partial charge in [-0.15, -0.1) is 0 Å². The van der Waals surface area contributed by atoms with Crippen molar-refractivity contribution in [2.24, 2.45) is 0 Å². The van der Waals surface area contributed by atoms with E-state index in [2.05, 4.69) is 29.5 Å². The van der Waals surface area contributed by atoms with Crippen LogP contribution >= 0.6 is 0 Å². The summed E-state index contributed by atoms with van der Waals surface area (Å²) in [5.41, 5.74) is 3.36. The number of rotatable bonds is 6. The van der Waals surface area contributed by atoms with E-state index < -0.39 is 5.97 Å². The molecule has 148 valence electrons. The van der Waals surface area contributed by atoms with Crippen molar-refractivity contribution in [1.29, 1.82) is 0 Å². The van der Waals surface area contributed by atoms with E-state index in [0.717, 1.165) is 5.69 Å². The standard InChI is InChI=1S/C23H23N3O3/c1-15(2)16-8-11-18(12-9-16)25-22(27)17-10-13-21(24-14-17)26-20-7-5-4-6-19(20)23(28)29-3/h4-15H,1-3H3,(H,24,26)(H,25,27). The maximum atomic E-state index is 12.5. The summed E-state index contributed by atoms with van der Waals surface area (Å²) in [5, 5.41) is 5.94. The molecule has 0 saturated heterocycles. The Morgan fingerprint density at radius 1 is 0.966 bits per heavy atom. The first-order chi connectivity index (χ1) is 14.0. The highest BCUT2D eigenvalue weighted by Crippen LogP contribution is 2.21. The highest BCUT2D eigenvalue weighted by molar-refractivity contribution is 6.04. The minimum Gasteiger partial charge on any atom is -0.465 e. The molecule has 0 atom stereocenters. The average molecular weight is 389 g/mol. The van der Waals surface area contributed by atoms with Crippen molar-refractivity contribution >= 4 is 29.1 Å². The normalized spacial score (nSPS) is 10.5. The van der Waals surface area contributed by atoms with Gasteiger partial charge in [0, 0.05) is 11.9 Å². The van der Waals surface area contributed by atoms with E-state index in [9.17, 15) is 9.59 Å². The molecule has 6 heteroatoms. The molecule has 0 spiro atoms. The third kappa shape index (κ3) is 4.99. The number of carbonyl (C=O) groups excluding carboxylic acids is 2. The summed E-state index contributed by atoms with van der Waals surface area (Å²) >= 11 is 0. The minimum absolute atomic E-state index is 0.240. The summed E-state index contributed by atoms with van der Waals surface area (Å²) in [6, 6.07) is 18.1. The Bertz CT molecular complexity index is 997. The quantitative estimate of drug-likeness (QED) is 0.581. The lowest BCUT2D eigenvalue weighted by Crippen LogP contribution is -2.12. The number of carbonyl (C=O) groups is 2. The fourth-order valence-electron chi connectivity index (χ4n) is 2.77. The van der Waals surface area contributed by atoms with Crippen LogP contribution in [0.25, 0.3) is 0 Å². The fraction of sp³-hybridized carbons (Fsp3) is 0.174. The molecule has 29 heavy (non-hydrogen) atoms. The molecule has 0 aliphatic heterocycles. The van der Waals surface area contributed by atoms with Gasteiger partial charge in [0.25, 0.3) is 5.91 Å². The number of nitrogens with one attached hydrogen (secondary N) is 2. The molecule has 2 aromatic carbocycles. The molecule has 0 aliphatic carbocycles. The number of hydrogen-bond donors (Lipinski definition) is 2. The molecule has 0 bridgehead atoms. The number of anilines is 3. The van der Waals surface area contributed by atoms with E-state index in [1.54, 1.807) is 36.4 Å². The zero-order chi connectivity index (χ0) is 20.8. The summed E-state index contributed by atoms with van der Waals surface area (Å²) in [7, 11) is 1.33. The molecule has 0 unspecified atom stereocenters. The van der Waals surface area contributed by atoms with Crippen molar-refractivity contribution in [3.05, 3.63) is 83.6 Å². The molecule has 1 amide bonds. The van der Waals surface area contributed by atoms with E-state index in [-0.39, 0.29) is 5.91 Å². The Morgan fingerprint density at radius 2 is 1.69 bits per heavy atom. The van der Waals surface area contributed by atoms with Crippen LogP contribution in [0.1, 0.15) is 46.0 Å². The predicted octanol–water partition coefficient (Wildman–Crippen LogP) is 4.99. The van der Waals surface area contributed by atoms with Gasteiger partial charge in [0.15, 0.2) is 0 Å². The number of pyridine rings is 1. The third-order valence-electron chi connectivity index (χ3n) is 4.46. The molecule has 6 nitrogen and oxygen atoms in total. The number of para-hydroxylation sites is 1. The van der Waals surface area contributed by atoms with Crippen LogP contribution < -0.4 is 10.6 Å². The molecule has 2 N–H and O–H groups in total. The minimum atomic E-state index is -0.437. The second-order valence-corrected chi connectivity index (χ2v) is 6.83. The van der Waals surface area contributed by atoms with Crippen LogP contribution in [0.15, 0.2) is 66.9 Å². The molecular formula is C23H23N3O3. The van der Waals surface area contributed by atoms with E-state index >= 15 is 0 Å². The van der Waals surface area contributed by atoms with Gasteiger partial charge in [0.05, 0.1) is 23.9 Å². The summed E-state index contributed by atoms with van der Waals surface area (Å²) in [6.45, 7) is 4.25. The summed E-state index contributed by atoms with van der Waals surface area (Å²) in [6.07, 6.45) is 1.49. The summed E-state index contributed by atoms with van der Waals surface area (Å²) < 4.78 is 4.79. The number of methoxy groups -OCH3 is 1. The first-order valence-corrected chi connectivity index (χ1v) is 9.29. The molecule has 3 aromatic rings. The lowest BCUT2D eigenvalue weighted by molar-refractivity contribution is 0.0601. The highest BCUT2D eigenvalue weighted by Gasteiger charge is 2.12. The second-order valence-electron chi connectivity index (χ2n) is 6.83. The fourth-order valence-corrected chi connectivity index (χ4v) is 2.77.